The Morgan fingerprint density at radius 1 is 1.31 bits per heavy atom. The van der Waals surface area contributed by atoms with E-state index in [2.05, 4.69) is 26.3 Å². The number of fused-ring (bicyclic) bond motifs is 1. The van der Waals surface area contributed by atoms with Crippen LogP contribution in [0, 0.1) is 15.9 Å². The highest BCUT2D eigenvalue weighted by Crippen LogP contribution is 2.34. The van der Waals surface area contributed by atoms with Gasteiger partial charge in [-0.15, -0.1) is 0 Å². The third-order valence-electron chi connectivity index (χ3n) is 4.29. The van der Waals surface area contributed by atoms with Gasteiger partial charge in [-0.25, -0.2) is 19.2 Å². The number of halogens is 2. The Morgan fingerprint density at radius 2 is 1.97 bits per heavy atom. The SMILES string of the molecule is CC(C)(C)OC(=O)N1CCN(Nc2c([N+](=O)[O-])cnc3cc(F)c(Br)cc23)CC1. The Labute approximate surface area is 175 Å². The third kappa shape index (κ3) is 4.91. The van der Waals surface area contributed by atoms with E-state index in [1.807, 2.05) is 0 Å². The Bertz CT molecular complexity index is 957. The number of aromatic nitrogens is 1. The van der Waals surface area contributed by atoms with Crippen LogP contribution in [0.15, 0.2) is 22.8 Å². The summed E-state index contributed by atoms with van der Waals surface area (Å²) in [6.07, 6.45) is 0.714. The summed E-state index contributed by atoms with van der Waals surface area (Å²) < 4.78 is 19.4. The molecule has 1 saturated heterocycles. The molecule has 1 aliphatic rings. The molecule has 0 aliphatic carbocycles. The van der Waals surface area contributed by atoms with Gasteiger partial charge >= 0.3 is 11.8 Å². The van der Waals surface area contributed by atoms with E-state index in [0.29, 0.717) is 37.1 Å². The minimum Gasteiger partial charge on any atom is -0.444 e. The monoisotopic (exact) mass is 469 g/mol. The van der Waals surface area contributed by atoms with E-state index >= 15 is 0 Å². The van der Waals surface area contributed by atoms with Crippen molar-refractivity contribution in [2.24, 2.45) is 0 Å². The highest BCUT2D eigenvalue weighted by molar-refractivity contribution is 9.10. The van der Waals surface area contributed by atoms with Crippen molar-refractivity contribution in [3.63, 3.8) is 0 Å². The molecule has 2 aromatic rings. The maximum atomic E-state index is 13.8. The number of nitro groups is 1. The molecule has 1 aromatic heterocycles. The van der Waals surface area contributed by atoms with Crippen LogP contribution in [0.4, 0.5) is 20.6 Å². The molecule has 29 heavy (non-hydrogen) atoms. The highest BCUT2D eigenvalue weighted by atomic mass is 79.9. The van der Waals surface area contributed by atoms with E-state index in [9.17, 15) is 19.3 Å². The quantitative estimate of drug-likeness (QED) is 0.536. The van der Waals surface area contributed by atoms with Crippen molar-refractivity contribution in [3.05, 3.63) is 38.7 Å². The van der Waals surface area contributed by atoms with Gasteiger partial charge < -0.3 is 15.1 Å². The van der Waals surface area contributed by atoms with Gasteiger partial charge in [-0.3, -0.25) is 10.1 Å². The summed E-state index contributed by atoms with van der Waals surface area (Å²) in [5.41, 5.74) is 2.79. The highest BCUT2D eigenvalue weighted by Gasteiger charge is 2.28. The summed E-state index contributed by atoms with van der Waals surface area (Å²) in [5, 5.41) is 13.7. The summed E-state index contributed by atoms with van der Waals surface area (Å²) in [6.45, 7) is 7.07. The van der Waals surface area contributed by atoms with Crippen molar-refractivity contribution < 1.29 is 18.8 Å². The van der Waals surface area contributed by atoms with Crippen LogP contribution in [0.25, 0.3) is 10.9 Å². The number of benzene rings is 1. The molecule has 0 spiro atoms. The van der Waals surface area contributed by atoms with Gasteiger partial charge in [0.05, 0.1) is 14.9 Å². The van der Waals surface area contributed by atoms with Crippen LogP contribution in [-0.2, 0) is 4.74 Å². The molecule has 0 saturated carbocycles. The Balaban J connectivity index is 1.80. The van der Waals surface area contributed by atoms with Gasteiger partial charge in [0, 0.05) is 37.6 Å². The first-order valence-corrected chi connectivity index (χ1v) is 9.76. The van der Waals surface area contributed by atoms with Crippen molar-refractivity contribution in [2.75, 3.05) is 31.6 Å². The van der Waals surface area contributed by atoms with Crippen molar-refractivity contribution >= 4 is 44.3 Å². The fourth-order valence-corrected chi connectivity index (χ4v) is 3.26. The molecule has 9 nitrogen and oxygen atoms in total. The van der Waals surface area contributed by atoms with Crippen LogP contribution in [0.3, 0.4) is 0 Å². The summed E-state index contributed by atoms with van der Waals surface area (Å²) in [5.74, 6) is -0.504. The third-order valence-corrected chi connectivity index (χ3v) is 4.90. The fraction of sp³-hybridized carbons (Fsp3) is 0.444. The first-order chi connectivity index (χ1) is 13.5. The van der Waals surface area contributed by atoms with Crippen LogP contribution >= 0.6 is 15.9 Å². The number of piperazine rings is 1. The van der Waals surface area contributed by atoms with Crippen LogP contribution in [-0.4, -0.2) is 57.7 Å². The molecular formula is C18H21BrFN5O4. The number of carbonyl (C=O) groups excluding carboxylic acids is 1. The normalized spacial score (nSPS) is 15.4. The van der Waals surface area contributed by atoms with Crippen LogP contribution in [0.1, 0.15) is 20.8 Å². The number of hydrogen-bond donors (Lipinski definition) is 1. The molecule has 3 rings (SSSR count). The largest absolute Gasteiger partial charge is 0.444 e. The Kier molecular flexibility index (Phi) is 5.90. The molecule has 1 aromatic carbocycles. The molecule has 0 radical (unpaired) electrons. The molecule has 1 amide bonds. The van der Waals surface area contributed by atoms with Gasteiger partial charge in [0.1, 0.15) is 23.3 Å². The van der Waals surface area contributed by atoms with Crippen molar-refractivity contribution in [2.45, 2.75) is 26.4 Å². The van der Waals surface area contributed by atoms with E-state index in [4.69, 9.17) is 4.74 Å². The number of ether oxygens (including phenoxy) is 1. The first kappa shape index (κ1) is 21.2. The van der Waals surface area contributed by atoms with E-state index in [-0.39, 0.29) is 15.8 Å². The van der Waals surface area contributed by atoms with Crippen molar-refractivity contribution in [1.29, 1.82) is 0 Å². The van der Waals surface area contributed by atoms with Gasteiger partial charge in [-0.2, -0.15) is 0 Å². The number of nitrogens with zero attached hydrogens (tertiary/aromatic N) is 4. The minimum absolute atomic E-state index is 0.185. The van der Waals surface area contributed by atoms with Gasteiger partial charge in [0.2, 0.25) is 0 Å². The summed E-state index contributed by atoms with van der Waals surface area (Å²) in [6, 6.07) is 2.68. The van der Waals surface area contributed by atoms with Gasteiger partial charge in [0.15, 0.2) is 0 Å². The topological polar surface area (TPSA) is 101 Å². The predicted molar refractivity (Wildman–Crippen MR) is 109 cm³/mol. The number of hydrazine groups is 1. The molecule has 1 N–H and O–H groups in total. The number of hydrogen-bond acceptors (Lipinski definition) is 7. The Morgan fingerprint density at radius 3 is 2.55 bits per heavy atom. The number of pyridine rings is 1. The lowest BCUT2D eigenvalue weighted by Gasteiger charge is -2.36. The summed E-state index contributed by atoms with van der Waals surface area (Å²) >= 11 is 3.11. The molecular weight excluding hydrogens is 449 g/mol. The zero-order valence-corrected chi connectivity index (χ0v) is 17.8. The molecule has 0 bridgehead atoms. The molecule has 0 atom stereocenters. The van der Waals surface area contributed by atoms with Crippen LogP contribution in [0.5, 0.6) is 0 Å². The van der Waals surface area contributed by atoms with Crippen molar-refractivity contribution in [1.82, 2.24) is 14.9 Å². The van der Waals surface area contributed by atoms with Gasteiger partial charge in [-0.1, -0.05) is 0 Å². The number of rotatable bonds is 3. The first-order valence-electron chi connectivity index (χ1n) is 8.97. The van der Waals surface area contributed by atoms with Gasteiger partial charge in [-0.05, 0) is 42.8 Å². The lowest BCUT2D eigenvalue weighted by Crippen LogP contribution is -2.51. The predicted octanol–water partition coefficient (Wildman–Crippen LogP) is 3.92. The average molecular weight is 470 g/mol. The summed E-state index contributed by atoms with van der Waals surface area (Å²) in [4.78, 5) is 28.7. The molecule has 2 heterocycles. The van der Waals surface area contributed by atoms with E-state index in [0.717, 1.165) is 6.20 Å². The maximum Gasteiger partial charge on any atom is 0.410 e. The zero-order valence-electron chi connectivity index (χ0n) is 16.2. The lowest BCUT2D eigenvalue weighted by molar-refractivity contribution is -0.384. The van der Waals surface area contributed by atoms with E-state index in [1.54, 1.807) is 30.7 Å². The second kappa shape index (κ2) is 8.07. The smallest absolute Gasteiger partial charge is 0.410 e. The maximum absolute atomic E-state index is 13.8. The van der Waals surface area contributed by atoms with Crippen LogP contribution < -0.4 is 5.43 Å². The van der Waals surface area contributed by atoms with Crippen LogP contribution in [0.2, 0.25) is 0 Å². The molecule has 11 heteroatoms. The van der Waals surface area contributed by atoms with Crippen molar-refractivity contribution in [3.8, 4) is 0 Å². The second-order valence-corrected chi connectivity index (χ2v) is 8.48. The molecule has 156 valence electrons. The minimum atomic E-state index is -0.578. The molecule has 1 aliphatic heterocycles. The number of nitrogens with one attached hydrogen (secondary N) is 1. The molecule has 1 fully saturated rings. The van der Waals surface area contributed by atoms with E-state index < -0.39 is 22.4 Å². The van der Waals surface area contributed by atoms with Gasteiger partial charge in [0.25, 0.3) is 0 Å². The lowest BCUT2D eigenvalue weighted by atomic mass is 10.1. The average Bonchev–Trinajstić information content (AvgIpc) is 2.62. The number of amides is 1. The summed E-state index contributed by atoms with van der Waals surface area (Å²) in [7, 11) is 0. The second-order valence-electron chi connectivity index (χ2n) is 7.63. The Hall–Kier alpha value is -2.53. The number of anilines is 1. The van der Waals surface area contributed by atoms with E-state index in [1.165, 1.54) is 12.1 Å². The standard InChI is InChI=1S/C18H21BrFN5O4/c1-18(2,3)29-17(26)23-4-6-24(7-5-23)22-16-11-8-12(19)13(20)9-14(11)21-10-15(16)25(27)28/h8-10H,4-7H2,1-3H3,(H,21,22). The molecule has 0 unspecified atom stereocenters. The zero-order chi connectivity index (χ0) is 21.3. The number of carbonyl (C=O) groups is 1. The fourth-order valence-electron chi connectivity index (χ4n) is 2.92.